The van der Waals surface area contributed by atoms with Crippen LogP contribution in [0.2, 0.25) is 5.02 Å². The van der Waals surface area contributed by atoms with Gasteiger partial charge in [0, 0.05) is 15.4 Å². The molecule has 0 bridgehead atoms. The number of hydrogen-bond acceptors (Lipinski definition) is 3. The van der Waals surface area contributed by atoms with Crippen LogP contribution in [0.5, 0.6) is 0 Å². The molecular formula is C16H18BrClN2S. The molecule has 2 nitrogen and oxygen atoms in total. The summed E-state index contributed by atoms with van der Waals surface area (Å²) in [5, 5.41) is 5.61. The molecule has 1 aliphatic rings. The summed E-state index contributed by atoms with van der Waals surface area (Å²) < 4.78 is 0.933. The van der Waals surface area contributed by atoms with Crippen molar-refractivity contribution < 1.29 is 0 Å². The molecule has 0 saturated heterocycles. The molecule has 1 aromatic heterocycles. The molecule has 0 amide bonds. The lowest BCUT2D eigenvalue weighted by atomic mass is 10.1. The summed E-state index contributed by atoms with van der Waals surface area (Å²) in [6.07, 6.45) is 3.50. The molecule has 21 heavy (non-hydrogen) atoms. The Bertz CT molecular complexity index is 652. The van der Waals surface area contributed by atoms with Crippen LogP contribution in [0.25, 0.3) is 0 Å². The zero-order chi connectivity index (χ0) is 15.0. The minimum atomic E-state index is 0.145. The molecule has 2 aromatic rings. The lowest BCUT2D eigenvalue weighted by Gasteiger charge is -2.17. The number of aromatic nitrogens is 1. The first-order chi connectivity index (χ1) is 10.1. The third kappa shape index (κ3) is 3.50. The second kappa shape index (κ2) is 6.37. The summed E-state index contributed by atoms with van der Waals surface area (Å²) in [6, 6.07) is 6.94. The molecule has 1 aromatic carbocycles. The third-order valence-corrected chi connectivity index (χ3v) is 6.06. The second-order valence-electron chi connectivity index (χ2n) is 5.46. The third-order valence-electron chi connectivity index (χ3n) is 3.75. The van der Waals surface area contributed by atoms with Gasteiger partial charge in [0.05, 0.1) is 16.8 Å². The first-order valence-electron chi connectivity index (χ1n) is 7.25. The van der Waals surface area contributed by atoms with E-state index in [2.05, 4.69) is 41.2 Å². The Hall–Kier alpha value is -0.420. The minimum Gasteiger partial charge on any atom is -0.301 e. The molecule has 1 heterocycles. The van der Waals surface area contributed by atoms with E-state index in [-0.39, 0.29) is 6.04 Å². The maximum atomic E-state index is 6.27. The van der Waals surface area contributed by atoms with Crippen LogP contribution < -0.4 is 5.32 Å². The fourth-order valence-electron chi connectivity index (χ4n) is 2.39. The molecule has 1 aliphatic carbocycles. The lowest BCUT2D eigenvalue weighted by Crippen LogP contribution is -2.24. The Morgan fingerprint density at radius 2 is 2.24 bits per heavy atom. The van der Waals surface area contributed by atoms with Crippen LogP contribution in [-0.2, 0) is 6.42 Å². The van der Waals surface area contributed by atoms with Crippen molar-refractivity contribution in [3.63, 3.8) is 0 Å². The van der Waals surface area contributed by atoms with E-state index in [0.717, 1.165) is 20.9 Å². The van der Waals surface area contributed by atoms with Crippen LogP contribution in [0.1, 0.15) is 46.9 Å². The van der Waals surface area contributed by atoms with Crippen molar-refractivity contribution >= 4 is 38.9 Å². The molecule has 0 radical (unpaired) electrons. The molecule has 1 saturated carbocycles. The summed E-state index contributed by atoms with van der Waals surface area (Å²) in [7, 11) is 0. The Morgan fingerprint density at radius 3 is 2.81 bits per heavy atom. The number of benzene rings is 1. The topological polar surface area (TPSA) is 24.9 Å². The SMILES string of the molecule is CCc1nc(C(NC2CC2)c2ccc(Br)c(Cl)c2)sc1C. The number of thiazole rings is 1. The predicted molar refractivity (Wildman–Crippen MR) is 93.4 cm³/mol. The molecule has 112 valence electrons. The van der Waals surface area contributed by atoms with Gasteiger partial charge in [0.25, 0.3) is 0 Å². The zero-order valence-electron chi connectivity index (χ0n) is 12.1. The minimum absolute atomic E-state index is 0.145. The van der Waals surface area contributed by atoms with Gasteiger partial charge < -0.3 is 5.32 Å². The van der Waals surface area contributed by atoms with E-state index in [4.69, 9.17) is 16.6 Å². The van der Waals surface area contributed by atoms with Gasteiger partial charge in [-0.1, -0.05) is 24.6 Å². The average molecular weight is 386 g/mol. The molecule has 5 heteroatoms. The van der Waals surface area contributed by atoms with Crippen LogP contribution in [0.4, 0.5) is 0 Å². The number of rotatable bonds is 5. The number of aryl methyl sites for hydroxylation is 2. The molecule has 1 atom stereocenters. The summed E-state index contributed by atoms with van der Waals surface area (Å²) in [4.78, 5) is 6.16. The van der Waals surface area contributed by atoms with Gasteiger partial charge in [0.15, 0.2) is 0 Å². The summed E-state index contributed by atoms with van der Waals surface area (Å²) in [5.74, 6) is 0. The normalized spacial score (nSPS) is 16.2. The van der Waals surface area contributed by atoms with Gasteiger partial charge >= 0.3 is 0 Å². The first kappa shape index (κ1) is 15.5. The molecule has 1 fully saturated rings. The Balaban J connectivity index is 1.97. The van der Waals surface area contributed by atoms with Crippen LogP contribution in [0.3, 0.4) is 0 Å². The molecule has 0 aliphatic heterocycles. The quantitative estimate of drug-likeness (QED) is 0.758. The van der Waals surface area contributed by atoms with E-state index < -0.39 is 0 Å². The summed E-state index contributed by atoms with van der Waals surface area (Å²) in [6.45, 7) is 4.31. The van der Waals surface area contributed by atoms with E-state index in [1.54, 1.807) is 11.3 Å². The van der Waals surface area contributed by atoms with Crippen molar-refractivity contribution in [3.05, 3.63) is 48.8 Å². The molecule has 1 unspecified atom stereocenters. The van der Waals surface area contributed by atoms with E-state index in [9.17, 15) is 0 Å². The Labute approximate surface area is 143 Å². The van der Waals surface area contributed by atoms with Gasteiger partial charge in [-0.2, -0.15) is 0 Å². The van der Waals surface area contributed by atoms with Gasteiger partial charge in [-0.3, -0.25) is 0 Å². The predicted octanol–water partition coefficient (Wildman–Crippen LogP) is 5.27. The zero-order valence-corrected chi connectivity index (χ0v) is 15.3. The maximum Gasteiger partial charge on any atom is 0.115 e. The molecule has 1 N–H and O–H groups in total. The van der Waals surface area contributed by atoms with Crippen molar-refractivity contribution in [3.8, 4) is 0 Å². The largest absolute Gasteiger partial charge is 0.301 e. The van der Waals surface area contributed by atoms with Gasteiger partial charge in [-0.15, -0.1) is 11.3 Å². The highest BCUT2D eigenvalue weighted by Gasteiger charge is 2.28. The van der Waals surface area contributed by atoms with Crippen molar-refractivity contribution in [2.45, 2.75) is 45.2 Å². The number of halogens is 2. The van der Waals surface area contributed by atoms with Crippen LogP contribution in [0.15, 0.2) is 22.7 Å². The highest BCUT2D eigenvalue weighted by atomic mass is 79.9. The maximum absolute atomic E-state index is 6.27. The van der Waals surface area contributed by atoms with Crippen molar-refractivity contribution in [2.24, 2.45) is 0 Å². The Morgan fingerprint density at radius 1 is 1.48 bits per heavy atom. The van der Waals surface area contributed by atoms with E-state index in [0.29, 0.717) is 6.04 Å². The number of nitrogens with zero attached hydrogens (tertiary/aromatic N) is 1. The highest BCUT2D eigenvalue weighted by molar-refractivity contribution is 9.10. The van der Waals surface area contributed by atoms with Gasteiger partial charge in [0.2, 0.25) is 0 Å². The number of hydrogen-bond donors (Lipinski definition) is 1. The molecule has 3 rings (SSSR count). The lowest BCUT2D eigenvalue weighted by molar-refractivity contribution is 0.596. The van der Waals surface area contributed by atoms with Crippen LogP contribution >= 0.6 is 38.9 Å². The smallest absolute Gasteiger partial charge is 0.115 e. The second-order valence-corrected chi connectivity index (χ2v) is 7.95. The van der Waals surface area contributed by atoms with Crippen LogP contribution in [-0.4, -0.2) is 11.0 Å². The van der Waals surface area contributed by atoms with E-state index in [1.807, 2.05) is 12.1 Å². The van der Waals surface area contributed by atoms with E-state index >= 15 is 0 Å². The van der Waals surface area contributed by atoms with Crippen molar-refractivity contribution in [1.82, 2.24) is 10.3 Å². The fourth-order valence-corrected chi connectivity index (χ4v) is 3.92. The molecular weight excluding hydrogens is 368 g/mol. The average Bonchev–Trinajstić information content (AvgIpc) is 3.21. The number of nitrogens with one attached hydrogen (secondary N) is 1. The monoisotopic (exact) mass is 384 g/mol. The first-order valence-corrected chi connectivity index (χ1v) is 9.24. The van der Waals surface area contributed by atoms with Crippen LogP contribution in [0, 0.1) is 6.92 Å². The van der Waals surface area contributed by atoms with Gasteiger partial charge in [-0.25, -0.2) is 4.98 Å². The molecule has 0 spiro atoms. The van der Waals surface area contributed by atoms with E-state index in [1.165, 1.54) is 29.0 Å². The fraction of sp³-hybridized carbons (Fsp3) is 0.438. The van der Waals surface area contributed by atoms with Gasteiger partial charge in [0.1, 0.15) is 5.01 Å². The van der Waals surface area contributed by atoms with Crippen molar-refractivity contribution in [2.75, 3.05) is 0 Å². The Kier molecular flexibility index (Phi) is 4.69. The standard InChI is InChI=1S/C16H18BrClN2S/c1-3-14-9(2)21-16(20-14)15(19-11-5-6-11)10-4-7-12(17)13(18)8-10/h4,7-8,11,15,19H,3,5-6H2,1-2H3. The van der Waals surface area contributed by atoms with Gasteiger partial charge in [-0.05, 0) is 59.8 Å². The highest BCUT2D eigenvalue weighted by Crippen LogP contribution is 2.34. The van der Waals surface area contributed by atoms with Crippen molar-refractivity contribution in [1.29, 1.82) is 0 Å². The summed E-state index contributed by atoms with van der Waals surface area (Å²) in [5.41, 5.74) is 2.40. The summed E-state index contributed by atoms with van der Waals surface area (Å²) >= 11 is 11.5.